The lowest BCUT2D eigenvalue weighted by atomic mass is 10.2. The average molecular weight is 241 g/mol. The molecule has 1 atom stereocenters. The van der Waals surface area contributed by atoms with Crippen molar-refractivity contribution in [2.24, 2.45) is 0 Å². The van der Waals surface area contributed by atoms with Gasteiger partial charge in [0.05, 0.1) is 5.01 Å². The van der Waals surface area contributed by atoms with Crippen molar-refractivity contribution < 1.29 is 0 Å². The predicted octanol–water partition coefficient (Wildman–Crippen LogP) is 2.14. The van der Waals surface area contributed by atoms with E-state index in [1.807, 2.05) is 17.5 Å². The highest BCUT2D eigenvalue weighted by molar-refractivity contribution is 7.11. The van der Waals surface area contributed by atoms with Crippen molar-refractivity contribution >= 4 is 11.3 Å². The van der Waals surface area contributed by atoms with Crippen molar-refractivity contribution in [3.63, 3.8) is 0 Å². The molecule has 0 amide bonds. The van der Waals surface area contributed by atoms with E-state index < -0.39 is 0 Å². The Morgan fingerprint density at radius 1 is 1.44 bits per heavy atom. The van der Waals surface area contributed by atoms with E-state index in [1.165, 1.54) is 16.3 Å². The molecule has 0 saturated carbocycles. The minimum absolute atomic E-state index is 0.624. The number of thiazole rings is 1. The molecule has 3 nitrogen and oxygen atoms in total. The maximum absolute atomic E-state index is 4.36. The zero-order valence-electron chi connectivity index (χ0n) is 10.8. The summed E-state index contributed by atoms with van der Waals surface area (Å²) in [5, 5.41) is 4.73. The molecule has 1 N–H and O–H groups in total. The van der Waals surface area contributed by atoms with Crippen LogP contribution in [0.4, 0.5) is 0 Å². The highest BCUT2D eigenvalue weighted by Crippen LogP contribution is 2.12. The van der Waals surface area contributed by atoms with Crippen LogP contribution in [0.15, 0.2) is 6.20 Å². The third-order valence-corrected chi connectivity index (χ3v) is 3.93. The Morgan fingerprint density at radius 2 is 2.19 bits per heavy atom. The van der Waals surface area contributed by atoms with E-state index >= 15 is 0 Å². The lowest BCUT2D eigenvalue weighted by molar-refractivity contribution is 0.276. The van der Waals surface area contributed by atoms with Gasteiger partial charge in [-0.2, -0.15) is 0 Å². The zero-order chi connectivity index (χ0) is 12.0. The van der Waals surface area contributed by atoms with Crippen LogP contribution in [0.2, 0.25) is 0 Å². The molecule has 1 rings (SSSR count). The fourth-order valence-electron chi connectivity index (χ4n) is 1.65. The van der Waals surface area contributed by atoms with Crippen LogP contribution in [0.25, 0.3) is 0 Å². The van der Waals surface area contributed by atoms with Gasteiger partial charge in [-0.05, 0) is 26.9 Å². The standard InChI is InChI=1S/C12H23N3S/c1-5-10(15(3)4)7-13-8-11-9-14-12(6-2)16-11/h9-10,13H,5-8H2,1-4H3. The average Bonchev–Trinajstić information content (AvgIpc) is 2.71. The second-order valence-corrected chi connectivity index (χ2v) is 5.43. The third-order valence-electron chi connectivity index (χ3n) is 2.78. The summed E-state index contributed by atoms with van der Waals surface area (Å²) < 4.78 is 0. The van der Waals surface area contributed by atoms with Gasteiger partial charge in [-0.1, -0.05) is 13.8 Å². The lowest BCUT2D eigenvalue weighted by Crippen LogP contribution is -2.36. The number of rotatable bonds is 7. The molecule has 0 radical (unpaired) electrons. The van der Waals surface area contributed by atoms with Crippen LogP contribution in [-0.4, -0.2) is 36.6 Å². The molecule has 1 unspecified atom stereocenters. The summed E-state index contributed by atoms with van der Waals surface area (Å²) in [7, 11) is 4.27. The second kappa shape index (κ2) is 6.99. The molecule has 0 saturated heterocycles. The van der Waals surface area contributed by atoms with Crippen LogP contribution in [-0.2, 0) is 13.0 Å². The van der Waals surface area contributed by atoms with Gasteiger partial charge in [0.1, 0.15) is 0 Å². The van der Waals surface area contributed by atoms with E-state index in [4.69, 9.17) is 0 Å². The third kappa shape index (κ3) is 4.20. The van der Waals surface area contributed by atoms with Gasteiger partial charge in [-0.15, -0.1) is 11.3 Å². The van der Waals surface area contributed by atoms with Gasteiger partial charge in [0, 0.05) is 30.2 Å². The molecule has 16 heavy (non-hydrogen) atoms. The van der Waals surface area contributed by atoms with E-state index in [9.17, 15) is 0 Å². The number of aryl methyl sites for hydroxylation is 1. The van der Waals surface area contributed by atoms with E-state index in [0.29, 0.717) is 6.04 Å². The maximum Gasteiger partial charge on any atom is 0.0925 e. The SMILES string of the molecule is CCc1ncc(CNCC(CC)N(C)C)s1. The Bertz CT molecular complexity index is 296. The first-order valence-electron chi connectivity index (χ1n) is 5.98. The number of hydrogen-bond acceptors (Lipinski definition) is 4. The smallest absolute Gasteiger partial charge is 0.0925 e. The number of likely N-dealkylation sites (N-methyl/N-ethyl adjacent to an activating group) is 1. The first kappa shape index (κ1) is 13.6. The Kier molecular flexibility index (Phi) is 5.95. The molecule has 0 aliphatic carbocycles. The van der Waals surface area contributed by atoms with Gasteiger partial charge in [-0.3, -0.25) is 0 Å². The molecule has 0 aliphatic rings. The van der Waals surface area contributed by atoms with E-state index in [-0.39, 0.29) is 0 Å². The van der Waals surface area contributed by atoms with E-state index in [1.54, 1.807) is 0 Å². The normalized spacial score (nSPS) is 13.3. The summed E-state index contributed by atoms with van der Waals surface area (Å²) in [6.07, 6.45) is 4.22. The Labute approximate surface area is 103 Å². The van der Waals surface area contributed by atoms with Crippen LogP contribution >= 0.6 is 11.3 Å². The quantitative estimate of drug-likeness (QED) is 0.793. The van der Waals surface area contributed by atoms with Crippen LogP contribution in [0.1, 0.15) is 30.2 Å². The largest absolute Gasteiger partial charge is 0.310 e. The molecular weight excluding hydrogens is 218 g/mol. The van der Waals surface area contributed by atoms with E-state index in [2.05, 4.69) is 43.1 Å². The molecular formula is C12H23N3S. The number of nitrogens with one attached hydrogen (secondary N) is 1. The second-order valence-electron chi connectivity index (χ2n) is 4.23. The summed E-state index contributed by atoms with van der Waals surface area (Å²) >= 11 is 1.81. The fourth-order valence-corrected chi connectivity index (χ4v) is 2.48. The van der Waals surface area contributed by atoms with Gasteiger partial charge >= 0.3 is 0 Å². The highest BCUT2D eigenvalue weighted by atomic mass is 32.1. The molecule has 92 valence electrons. The lowest BCUT2D eigenvalue weighted by Gasteiger charge is -2.22. The van der Waals surface area contributed by atoms with Gasteiger partial charge in [0.15, 0.2) is 0 Å². The minimum Gasteiger partial charge on any atom is -0.310 e. The Balaban J connectivity index is 2.29. The summed E-state index contributed by atoms with van der Waals surface area (Å²) in [5.41, 5.74) is 0. The first-order chi connectivity index (χ1) is 7.67. The molecule has 0 aliphatic heterocycles. The van der Waals surface area contributed by atoms with Crippen LogP contribution < -0.4 is 5.32 Å². The maximum atomic E-state index is 4.36. The van der Waals surface area contributed by atoms with Crippen molar-refractivity contribution in [1.29, 1.82) is 0 Å². The molecule has 1 aromatic heterocycles. The summed E-state index contributed by atoms with van der Waals surface area (Å²) in [6, 6.07) is 0.624. The van der Waals surface area contributed by atoms with Crippen molar-refractivity contribution in [3.05, 3.63) is 16.1 Å². The van der Waals surface area contributed by atoms with Gasteiger partial charge in [-0.25, -0.2) is 4.98 Å². The number of nitrogens with zero attached hydrogens (tertiary/aromatic N) is 2. The fraction of sp³-hybridized carbons (Fsp3) is 0.750. The van der Waals surface area contributed by atoms with Gasteiger partial charge < -0.3 is 10.2 Å². The zero-order valence-corrected chi connectivity index (χ0v) is 11.6. The Hall–Kier alpha value is -0.450. The van der Waals surface area contributed by atoms with Crippen LogP contribution in [0, 0.1) is 0 Å². The molecule has 0 fully saturated rings. The Morgan fingerprint density at radius 3 is 2.69 bits per heavy atom. The number of aromatic nitrogens is 1. The molecule has 4 heteroatoms. The molecule has 0 bridgehead atoms. The highest BCUT2D eigenvalue weighted by Gasteiger charge is 2.08. The van der Waals surface area contributed by atoms with Crippen molar-refractivity contribution in [3.8, 4) is 0 Å². The molecule has 0 aromatic carbocycles. The van der Waals surface area contributed by atoms with Crippen molar-refractivity contribution in [1.82, 2.24) is 15.2 Å². The van der Waals surface area contributed by atoms with Gasteiger partial charge in [0.2, 0.25) is 0 Å². The van der Waals surface area contributed by atoms with Crippen molar-refractivity contribution in [2.45, 2.75) is 39.3 Å². The summed E-state index contributed by atoms with van der Waals surface area (Å²) in [4.78, 5) is 7.97. The number of hydrogen-bond donors (Lipinski definition) is 1. The minimum atomic E-state index is 0.624. The predicted molar refractivity (Wildman–Crippen MR) is 71.0 cm³/mol. The molecule has 0 spiro atoms. The van der Waals surface area contributed by atoms with Crippen LogP contribution in [0.3, 0.4) is 0 Å². The summed E-state index contributed by atoms with van der Waals surface area (Å²) in [5.74, 6) is 0. The monoisotopic (exact) mass is 241 g/mol. The van der Waals surface area contributed by atoms with Crippen LogP contribution in [0.5, 0.6) is 0 Å². The van der Waals surface area contributed by atoms with Gasteiger partial charge in [0.25, 0.3) is 0 Å². The summed E-state index contributed by atoms with van der Waals surface area (Å²) in [6.45, 7) is 6.37. The van der Waals surface area contributed by atoms with E-state index in [0.717, 1.165) is 19.5 Å². The molecule has 1 heterocycles. The first-order valence-corrected chi connectivity index (χ1v) is 6.79. The molecule has 1 aromatic rings. The topological polar surface area (TPSA) is 28.2 Å². The van der Waals surface area contributed by atoms with Crippen molar-refractivity contribution in [2.75, 3.05) is 20.6 Å².